The fraction of sp³-hybridized carbons (Fsp3) is 0.400. The van der Waals surface area contributed by atoms with Gasteiger partial charge in [-0.05, 0) is 65.9 Å². The van der Waals surface area contributed by atoms with Crippen molar-refractivity contribution in [1.82, 2.24) is 4.84 Å². The Balaban J connectivity index is 2.43. The molecule has 0 radical (unpaired) electrons. The molecule has 78 valence electrons. The highest BCUT2D eigenvalue weighted by molar-refractivity contribution is 14.1. The number of rotatable bonds is 5. The molecule has 0 spiro atoms. The van der Waals surface area contributed by atoms with Crippen molar-refractivity contribution in [1.29, 1.82) is 0 Å². The number of halogens is 2. The van der Waals surface area contributed by atoms with Crippen molar-refractivity contribution in [3.63, 3.8) is 0 Å². The average molecular weight is 326 g/mol. The van der Waals surface area contributed by atoms with E-state index in [0.717, 1.165) is 18.7 Å². The molecule has 0 saturated heterocycles. The molecule has 4 heteroatoms. The molecule has 0 aliphatic carbocycles. The largest absolute Gasteiger partial charge is 0.491 e. The second-order valence-corrected chi connectivity index (χ2v) is 4.57. The Labute approximate surface area is 103 Å². The monoisotopic (exact) mass is 325 g/mol. The van der Waals surface area contributed by atoms with E-state index < -0.39 is 0 Å². The van der Waals surface area contributed by atoms with Gasteiger partial charge in [0.05, 0.1) is 6.10 Å². The van der Waals surface area contributed by atoms with E-state index in [1.54, 1.807) is 0 Å². The first-order chi connectivity index (χ1) is 6.72. The summed E-state index contributed by atoms with van der Waals surface area (Å²) in [5.41, 5.74) is 0. The van der Waals surface area contributed by atoms with Crippen LogP contribution in [0.5, 0.6) is 5.75 Å². The Hall–Kier alpha value is -0.000000000000000111. The van der Waals surface area contributed by atoms with Crippen molar-refractivity contribution in [2.24, 2.45) is 0 Å². The Bertz CT molecular complexity index is 283. The van der Waals surface area contributed by atoms with E-state index in [2.05, 4.69) is 27.4 Å². The summed E-state index contributed by atoms with van der Waals surface area (Å²) in [6.07, 6.45) is 1.08. The predicted octanol–water partition coefficient (Wildman–Crippen LogP) is 3.19. The lowest BCUT2D eigenvalue weighted by Gasteiger charge is -2.14. The quantitative estimate of drug-likeness (QED) is 0.663. The summed E-state index contributed by atoms with van der Waals surface area (Å²) < 4.78 is 6.88. The van der Waals surface area contributed by atoms with Crippen molar-refractivity contribution < 1.29 is 4.74 Å². The normalized spacial score (nSPS) is 12.5. The Morgan fingerprint density at radius 2 is 2.36 bits per heavy atom. The third kappa shape index (κ3) is 4.48. The zero-order chi connectivity index (χ0) is 10.4. The summed E-state index contributed by atoms with van der Waals surface area (Å²) >= 11 is 7.63. The Morgan fingerprint density at radius 1 is 1.57 bits per heavy atom. The molecular weight excluding hydrogens is 312 g/mol. The van der Waals surface area contributed by atoms with Crippen LogP contribution in [0.4, 0.5) is 0 Å². The van der Waals surface area contributed by atoms with Crippen LogP contribution in [0.25, 0.3) is 0 Å². The lowest BCUT2D eigenvalue weighted by Crippen LogP contribution is -2.17. The van der Waals surface area contributed by atoms with Crippen LogP contribution in [0.2, 0.25) is 0 Å². The van der Waals surface area contributed by atoms with Gasteiger partial charge >= 0.3 is 0 Å². The molecule has 1 atom stereocenters. The van der Waals surface area contributed by atoms with Crippen LogP contribution in [0, 0.1) is 3.57 Å². The SMILES string of the molecule is C[C@@H](CCNCl)Oc1cccc(I)c1. The fourth-order valence-electron chi connectivity index (χ4n) is 1.09. The highest BCUT2D eigenvalue weighted by Crippen LogP contribution is 2.16. The first-order valence-corrected chi connectivity index (χ1v) is 5.94. The molecule has 0 aliphatic rings. The van der Waals surface area contributed by atoms with Gasteiger partial charge in [0.1, 0.15) is 5.75 Å². The van der Waals surface area contributed by atoms with Crippen molar-refractivity contribution in [3.8, 4) is 5.75 Å². The molecule has 14 heavy (non-hydrogen) atoms. The summed E-state index contributed by atoms with van der Waals surface area (Å²) in [5, 5.41) is 0. The zero-order valence-corrected chi connectivity index (χ0v) is 10.9. The second kappa shape index (κ2) is 6.48. The van der Waals surface area contributed by atoms with Gasteiger partial charge in [-0.1, -0.05) is 6.07 Å². The third-order valence-corrected chi connectivity index (χ3v) is 2.64. The lowest BCUT2D eigenvalue weighted by molar-refractivity contribution is 0.212. The Morgan fingerprint density at radius 3 is 3.00 bits per heavy atom. The summed E-state index contributed by atoms with van der Waals surface area (Å²) in [6.45, 7) is 2.79. The van der Waals surface area contributed by atoms with E-state index in [9.17, 15) is 0 Å². The maximum atomic E-state index is 5.69. The summed E-state index contributed by atoms with van der Waals surface area (Å²) in [7, 11) is 0. The number of ether oxygens (including phenoxy) is 1. The van der Waals surface area contributed by atoms with E-state index in [0.29, 0.717) is 0 Å². The van der Waals surface area contributed by atoms with Crippen LogP contribution in [0.15, 0.2) is 24.3 Å². The van der Waals surface area contributed by atoms with Crippen LogP contribution in [-0.4, -0.2) is 12.6 Å². The van der Waals surface area contributed by atoms with E-state index in [1.165, 1.54) is 3.57 Å². The minimum Gasteiger partial charge on any atom is -0.491 e. The maximum Gasteiger partial charge on any atom is 0.120 e. The highest BCUT2D eigenvalue weighted by Gasteiger charge is 2.03. The zero-order valence-electron chi connectivity index (χ0n) is 7.97. The van der Waals surface area contributed by atoms with Crippen molar-refractivity contribution >= 4 is 34.4 Å². The van der Waals surface area contributed by atoms with Crippen molar-refractivity contribution in [2.45, 2.75) is 19.4 Å². The van der Waals surface area contributed by atoms with Crippen LogP contribution in [-0.2, 0) is 0 Å². The van der Waals surface area contributed by atoms with Gasteiger partial charge in [-0.25, -0.2) is 4.84 Å². The molecule has 1 aromatic rings. The van der Waals surface area contributed by atoms with Gasteiger partial charge in [0.25, 0.3) is 0 Å². The fourth-order valence-corrected chi connectivity index (χ4v) is 1.71. The van der Waals surface area contributed by atoms with E-state index >= 15 is 0 Å². The maximum absolute atomic E-state index is 5.69. The van der Waals surface area contributed by atoms with Gasteiger partial charge in [-0.3, -0.25) is 0 Å². The molecule has 0 saturated carbocycles. The molecule has 0 heterocycles. The molecule has 1 aromatic carbocycles. The molecule has 0 aromatic heterocycles. The molecule has 2 nitrogen and oxygen atoms in total. The average Bonchev–Trinajstić information content (AvgIpc) is 2.15. The van der Waals surface area contributed by atoms with Crippen LogP contribution in [0.1, 0.15) is 13.3 Å². The van der Waals surface area contributed by atoms with Crippen LogP contribution in [0.3, 0.4) is 0 Å². The van der Waals surface area contributed by atoms with Gasteiger partial charge < -0.3 is 4.74 Å². The van der Waals surface area contributed by atoms with Gasteiger partial charge in [0.15, 0.2) is 0 Å². The van der Waals surface area contributed by atoms with Gasteiger partial charge in [0.2, 0.25) is 0 Å². The van der Waals surface area contributed by atoms with Crippen LogP contribution >= 0.6 is 34.4 Å². The smallest absolute Gasteiger partial charge is 0.120 e. The number of benzene rings is 1. The number of hydrogen-bond donors (Lipinski definition) is 1. The van der Waals surface area contributed by atoms with Gasteiger partial charge in [-0.15, -0.1) is 0 Å². The minimum atomic E-state index is 0.180. The molecule has 1 rings (SSSR count). The van der Waals surface area contributed by atoms with E-state index in [4.69, 9.17) is 16.5 Å². The standard InChI is InChI=1S/C10H13ClINO/c1-8(5-6-13-11)14-10-4-2-3-9(12)7-10/h2-4,7-8,13H,5-6H2,1H3/t8-/m0/s1. The highest BCUT2D eigenvalue weighted by atomic mass is 127. The van der Waals surface area contributed by atoms with Crippen molar-refractivity contribution in [2.75, 3.05) is 6.54 Å². The summed E-state index contributed by atoms with van der Waals surface area (Å²) in [5.74, 6) is 0.916. The molecule has 1 N–H and O–H groups in total. The van der Waals surface area contributed by atoms with Crippen LogP contribution < -0.4 is 9.57 Å². The minimum absolute atomic E-state index is 0.180. The van der Waals surface area contributed by atoms with Gasteiger partial charge in [-0.2, -0.15) is 0 Å². The molecule has 0 fully saturated rings. The topological polar surface area (TPSA) is 21.3 Å². The van der Waals surface area contributed by atoms with E-state index in [1.807, 2.05) is 31.2 Å². The Kier molecular flexibility index (Phi) is 5.59. The summed E-state index contributed by atoms with van der Waals surface area (Å²) in [4.78, 5) is 2.59. The molecular formula is C10H13ClINO. The third-order valence-electron chi connectivity index (χ3n) is 1.78. The molecule has 0 amide bonds. The first kappa shape index (κ1) is 12.1. The number of hydrogen-bond acceptors (Lipinski definition) is 2. The van der Waals surface area contributed by atoms with Gasteiger partial charge in [0, 0.05) is 10.1 Å². The van der Waals surface area contributed by atoms with Crippen molar-refractivity contribution in [3.05, 3.63) is 27.8 Å². The van der Waals surface area contributed by atoms with E-state index in [-0.39, 0.29) is 6.10 Å². The molecule has 0 unspecified atom stereocenters. The molecule has 0 aliphatic heterocycles. The molecule has 0 bridgehead atoms. The lowest BCUT2D eigenvalue weighted by atomic mass is 10.3. The first-order valence-electron chi connectivity index (χ1n) is 4.48. The summed E-state index contributed by atoms with van der Waals surface area (Å²) in [6, 6.07) is 8.01. The predicted molar refractivity (Wildman–Crippen MR) is 67.7 cm³/mol. The second-order valence-electron chi connectivity index (χ2n) is 3.06. The number of nitrogens with one attached hydrogen (secondary N) is 1.